The second-order valence-corrected chi connectivity index (χ2v) is 8.63. The van der Waals surface area contributed by atoms with Gasteiger partial charge in [-0.3, -0.25) is 9.59 Å². The van der Waals surface area contributed by atoms with Crippen molar-refractivity contribution in [2.45, 2.75) is 26.3 Å². The van der Waals surface area contributed by atoms with Gasteiger partial charge in [-0.05, 0) is 42.8 Å². The number of fused-ring (bicyclic) bond motifs is 1. The Labute approximate surface area is 189 Å². The number of hydrogen-bond donors (Lipinski definition) is 0. The normalized spacial score (nSPS) is 16.1. The predicted octanol–water partition coefficient (Wildman–Crippen LogP) is 4.67. The van der Waals surface area contributed by atoms with Gasteiger partial charge in [0.15, 0.2) is 0 Å². The van der Waals surface area contributed by atoms with Gasteiger partial charge in [0, 0.05) is 37.6 Å². The Balaban J connectivity index is 1.49. The van der Waals surface area contributed by atoms with E-state index in [9.17, 15) is 9.59 Å². The van der Waals surface area contributed by atoms with E-state index in [2.05, 4.69) is 31.2 Å². The molecule has 0 spiro atoms. The fourth-order valence-corrected chi connectivity index (χ4v) is 4.53. The summed E-state index contributed by atoms with van der Waals surface area (Å²) in [4.78, 5) is 30.2. The van der Waals surface area contributed by atoms with Crippen molar-refractivity contribution >= 4 is 22.6 Å². The van der Waals surface area contributed by atoms with Crippen molar-refractivity contribution in [1.82, 2.24) is 9.80 Å². The average Bonchev–Trinajstić information content (AvgIpc) is 2.84. The summed E-state index contributed by atoms with van der Waals surface area (Å²) in [7, 11) is 3.48. The molecule has 1 heterocycles. The smallest absolute Gasteiger partial charge is 0.254 e. The topological polar surface area (TPSA) is 49.9 Å². The summed E-state index contributed by atoms with van der Waals surface area (Å²) in [6, 6.07) is 19.7. The van der Waals surface area contributed by atoms with E-state index in [-0.39, 0.29) is 17.7 Å². The monoisotopic (exact) mass is 430 g/mol. The molecule has 1 fully saturated rings. The third kappa shape index (κ3) is 4.47. The van der Waals surface area contributed by atoms with Gasteiger partial charge in [-0.25, -0.2) is 0 Å². The van der Waals surface area contributed by atoms with Gasteiger partial charge < -0.3 is 14.5 Å². The molecule has 1 aliphatic heterocycles. The number of piperidine rings is 1. The van der Waals surface area contributed by atoms with E-state index in [1.165, 1.54) is 5.56 Å². The molecule has 0 N–H and O–H groups in total. The van der Waals surface area contributed by atoms with Crippen LogP contribution < -0.4 is 4.74 Å². The number of ether oxygens (including phenoxy) is 1. The first kappa shape index (κ1) is 21.9. The number of aryl methyl sites for hydroxylation is 1. The minimum atomic E-state index is -0.173. The summed E-state index contributed by atoms with van der Waals surface area (Å²) in [6.07, 6.45) is 1.64. The highest BCUT2D eigenvalue weighted by Gasteiger charge is 2.31. The van der Waals surface area contributed by atoms with Gasteiger partial charge in [-0.15, -0.1) is 0 Å². The molecule has 1 saturated heterocycles. The van der Waals surface area contributed by atoms with E-state index >= 15 is 0 Å². The van der Waals surface area contributed by atoms with E-state index in [1.807, 2.05) is 48.3 Å². The molecule has 166 valence electrons. The Bertz CT molecular complexity index is 1120. The Kier molecular flexibility index (Phi) is 6.45. The van der Waals surface area contributed by atoms with E-state index in [1.54, 1.807) is 12.0 Å². The van der Waals surface area contributed by atoms with Crippen molar-refractivity contribution in [3.8, 4) is 5.75 Å². The molecule has 5 nitrogen and oxygen atoms in total. The van der Waals surface area contributed by atoms with E-state index < -0.39 is 0 Å². The van der Waals surface area contributed by atoms with Crippen LogP contribution in [0.3, 0.4) is 0 Å². The van der Waals surface area contributed by atoms with Gasteiger partial charge >= 0.3 is 0 Å². The number of carbonyl (C=O) groups excluding carboxylic acids is 2. The van der Waals surface area contributed by atoms with Crippen LogP contribution in [-0.2, 0) is 11.3 Å². The van der Waals surface area contributed by atoms with Crippen molar-refractivity contribution < 1.29 is 14.3 Å². The van der Waals surface area contributed by atoms with Crippen molar-refractivity contribution in [3.63, 3.8) is 0 Å². The first-order valence-electron chi connectivity index (χ1n) is 11.1. The number of benzene rings is 3. The van der Waals surface area contributed by atoms with Gasteiger partial charge in [0.25, 0.3) is 5.91 Å². The molecule has 2 amide bonds. The minimum Gasteiger partial charge on any atom is -0.496 e. The highest BCUT2D eigenvalue weighted by atomic mass is 16.5. The summed E-state index contributed by atoms with van der Waals surface area (Å²) in [5.74, 6) is 0.652. The average molecular weight is 431 g/mol. The van der Waals surface area contributed by atoms with Crippen molar-refractivity contribution in [1.29, 1.82) is 0 Å². The molecule has 32 heavy (non-hydrogen) atoms. The number of rotatable bonds is 5. The highest BCUT2D eigenvalue weighted by Crippen LogP contribution is 2.30. The van der Waals surface area contributed by atoms with E-state index in [4.69, 9.17) is 4.74 Å². The lowest BCUT2D eigenvalue weighted by Gasteiger charge is -2.34. The van der Waals surface area contributed by atoms with Crippen LogP contribution in [0.1, 0.15) is 34.3 Å². The molecule has 1 aliphatic rings. The number of methoxy groups -OCH3 is 1. The van der Waals surface area contributed by atoms with Crippen molar-refractivity contribution in [2.24, 2.45) is 5.92 Å². The van der Waals surface area contributed by atoms with Crippen LogP contribution in [0.2, 0.25) is 0 Å². The number of likely N-dealkylation sites (tertiary alicyclic amines) is 1. The largest absolute Gasteiger partial charge is 0.496 e. The van der Waals surface area contributed by atoms with Crippen LogP contribution in [0.4, 0.5) is 0 Å². The van der Waals surface area contributed by atoms with Crippen LogP contribution in [-0.4, -0.2) is 48.9 Å². The van der Waals surface area contributed by atoms with E-state index in [0.717, 1.165) is 34.9 Å². The second kappa shape index (κ2) is 9.43. The maximum atomic E-state index is 13.4. The molecule has 0 unspecified atom stereocenters. The van der Waals surface area contributed by atoms with Gasteiger partial charge in [-0.2, -0.15) is 0 Å². The zero-order valence-corrected chi connectivity index (χ0v) is 19.0. The summed E-state index contributed by atoms with van der Waals surface area (Å²) in [5.41, 5.74) is 2.97. The van der Waals surface area contributed by atoms with Gasteiger partial charge in [0.2, 0.25) is 5.91 Å². The van der Waals surface area contributed by atoms with Gasteiger partial charge in [-0.1, -0.05) is 54.1 Å². The number of nitrogens with zero attached hydrogens (tertiary/aromatic N) is 2. The third-order valence-corrected chi connectivity index (χ3v) is 6.31. The van der Waals surface area contributed by atoms with Crippen molar-refractivity contribution in [3.05, 3.63) is 77.4 Å². The predicted molar refractivity (Wildman–Crippen MR) is 127 cm³/mol. The number of hydrogen-bond acceptors (Lipinski definition) is 3. The molecule has 1 atom stereocenters. The Morgan fingerprint density at radius 3 is 2.47 bits per heavy atom. The zero-order valence-electron chi connectivity index (χ0n) is 19.0. The van der Waals surface area contributed by atoms with Crippen LogP contribution >= 0.6 is 0 Å². The molecule has 3 aromatic rings. The van der Waals surface area contributed by atoms with Crippen LogP contribution in [0.5, 0.6) is 5.75 Å². The molecular formula is C27H30N2O3. The molecule has 0 saturated carbocycles. The molecule has 0 radical (unpaired) electrons. The highest BCUT2D eigenvalue weighted by molar-refractivity contribution is 6.08. The number of amides is 2. The third-order valence-electron chi connectivity index (χ3n) is 6.31. The lowest BCUT2D eigenvalue weighted by Crippen LogP contribution is -2.45. The summed E-state index contributed by atoms with van der Waals surface area (Å²) in [6.45, 7) is 3.76. The first-order valence-corrected chi connectivity index (χ1v) is 11.1. The number of carbonyl (C=O) groups is 2. The zero-order chi connectivity index (χ0) is 22.7. The molecule has 0 aromatic heterocycles. The Hall–Kier alpha value is -3.34. The van der Waals surface area contributed by atoms with Crippen LogP contribution in [0, 0.1) is 12.8 Å². The molecule has 0 bridgehead atoms. The van der Waals surface area contributed by atoms with Gasteiger partial charge in [0.05, 0.1) is 13.0 Å². The fourth-order valence-electron chi connectivity index (χ4n) is 4.53. The fraction of sp³-hybridized carbons (Fsp3) is 0.333. The van der Waals surface area contributed by atoms with E-state index in [0.29, 0.717) is 25.2 Å². The molecular weight excluding hydrogens is 400 g/mol. The maximum Gasteiger partial charge on any atom is 0.254 e. The van der Waals surface area contributed by atoms with Gasteiger partial charge in [0.1, 0.15) is 5.75 Å². The maximum absolute atomic E-state index is 13.4. The Morgan fingerprint density at radius 2 is 1.75 bits per heavy atom. The molecule has 5 heteroatoms. The van der Waals surface area contributed by atoms with Crippen molar-refractivity contribution in [2.75, 3.05) is 27.2 Å². The summed E-state index contributed by atoms with van der Waals surface area (Å²) in [5, 5.41) is 1.80. The SMILES string of the molecule is COc1ccc(C(=O)N2CCC[C@@H](C(=O)N(C)Cc3ccc(C)cc3)C2)c2ccccc12. The lowest BCUT2D eigenvalue weighted by molar-refractivity contribution is -0.136. The van der Waals surface area contributed by atoms with Crippen LogP contribution in [0.15, 0.2) is 60.7 Å². The second-order valence-electron chi connectivity index (χ2n) is 8.63. The standard InChI is InChI=1S/C27H30N2O3/c1-19-10-12-20(13-11-19)17-28(2)26(30)21-7-6-16-29(18-21)27(31)24-14-15-25(32-3)23-9-5-4-8-22(23)24/h4-5,8-15,21H,6-7,16-18H2,1-3H3/t21-/m1/s1. The molecule has 0 aliphatic carbocycles. The minimum absolute atomic E-state index is 0.0254. The summed E-state index contributed by atoms with van der Waals surface area (Å²) >= 11 is 0. The lowest BCUT2D eigenvalue weighted by atomic mass is 9.95. The Morgan fingerprint density at radius 1 is 1.03 bits per heavy atom. The quantitative estimate of drug-likeness (QED) is 0.591. The first-order chi connectivity index (χ1) is 15.5. The molecule has 4 rings (SSSR count). The molecule has 3 aromatic carbocycles. The van der Waals surface area contributed by atoms with Crippen LogP contribution in [0.25, 0.3) is 10.8 Å². The summed E-state index contributed by atoms with van der Waals surface area (Å²) < 4.78 is 5.46.